The number of thiocarbonyl (C=S) groups is 1. The Morgan fingerprint density at radius 3 is 2.64 bits per heavy atom. The normalized spacial score (nSPS) is 13.3. The second-order valence-corrected chi connectivity index (χ2v) is 7.29. The Morgan fingerprint density at radius 2 is 1.96 bits per heavy atom. The zero-order valence-corrected chi connectivity index (χ0v) is 16.8. The second kappa shape index (κ2) is 8.53. The lowest BCUT2D eigenvalue weighted by molar-refractivity contribution is -0.384. The van der Waals surface area contributed by atoms with Crippen molar-refractivity contribution in [2.75, 3.05) is 23.3 Å². The summed E-state index contributed by atoms with van der Waals surface area (Å²) in [5, 5.41) is 17.6. The summed E-state index contributed by atoms with van der Waals surface area (Å²) in [6.45, 7) is 3.38. The van der Waals surface area contributed by atoms with Gasteiger partial charge in [0, 0.05) is 35.4 Å². The van der Waals surface area contributed by atoms with Crippen molar-refractivity contribution in [1.29, 1.82) is 0 Å². The molecule has 1 fully saturated rings. The maximum Gasteiger partial charge on any atom is 0.293 e. The first kappa shape index (κ1) is 20.0. The molecular weight excluding hydrogens is 400 g/mol. The lowest BCUT2D eigenvalue weighted by atomic mass is 10.1. The first-order valence-electron chi connectivity index (χ1n) is 8.77. The highest BCUT2D eigenvalue weighted by Gasteiger charge is 2.24. The van der Waals surface area contributed by atoms with E-state index >= 15 is 0 Å². The summed E-state index contributed by atoms with van der Waals surface area (Å²) in [5.74, 6) is -0.520. The van der Waals surface area contributed by atoms with E-state index in [4.69, 9.17) is 23.8 Å². The number of nitro groups is 1. The molecule has 0 spiro atoms. The van der Waals surface area contributed by atoms with E-state index in [1.165, 1.54) is 6.07 Å². The van der Waals surface area contributed by atoms with Crippen molar-refractivity contribution in [2.24, 2.45) is 0 Å². The zero-order chi connectivity index (χ0) is 20.3. The fraction of sp³-hybridized carbons (Fsp3) is 0.263. The van der Waals surface area contributed by atoms with Crippen LogP contribution in [0.5, 0.6) is 0 Å². The van der Waals surface area contributed by atoms with E-state index in [1.54, 1.807) is 30.3 Å². The minimum absolute atomic E-state index is 0.0842. The second-order valence-electron chi connectivity index (χ2n) is 6.48. The summed E-state index contributed by atoms with van der Waals surface area (Å²) >= 11 is 11.3. The molecule has 0 aromatic heterocycles. The van der Waals surface area contributed by atoms with Gasteiger partial charge in [0.15, 0.2) is 5.11 Å². The summed E-state index contributed by atoms with van der Waals surface area (Å²) in [6, 6.07) is 9.79. The molecule has 0 bridgehead atoms. The lowest BCUT2D eigenvalue weighted by Crippen LogP contribution is -2.34. The van der Waals surface area contributed by atoms with Gasteiger partial charge in [-0.3, -0.25) is 20.2 Å². The number of nitrogens with one attached hydrogen (secondary N) is 2. The van der Waals surface area contributed by atoms with Crippen LogP contribution in [0.15, 0.2) is 36.4 Å². The van der Waals surface area contributed by atoms with Crippen LogP contribution in [0.3, 0.4) is 0 Å². The van der Waals surface area contributed by atoms with Crippen LogP contribution in [0.1, 0.15) is 28.8 Å². The molecule has 0 radical (unpaired) electrons. The van der Waals surface area contributed by atoms with E-state index in [0.29, 0.717) is 16.4 Å². The maximum absolute atomic E-state index is 12.5. The predicted octanol–water partition coefficient (Wildman–Crippen LogP) is 4.28. The topological polar surface area (TPSA) is 87.5 Å². The monoisotopic (exact) mass is 418 g/mol. The van der Waals surface area contributed by atoms with Gasteiger partial charge < -0.3 is 10.2 Å². The van der Waals surface area contributed by atoms with Crippen LogP contribution in [-0.4, -0.2) is 29.0 Å². The summed E-state index contributed by atoms with van der Waals surface area (Å²) in [6.07, 6.45) is 2.00. The van der Waals surface area contributed by atoms with Gasteiger partial charge >= 0.3 is 0 Å². The average Bonchev–Trinajstić information content (AvgIpc) is 3.19. The van der Waals surface area contributed by atoms with Crippen molar-refractivity contribution in [3.63, 3.8) is 0 Å². The predicted molar refractivity (Wildman–Crippen MR) is 114 cm³/mol. The Hall–Kier alpha value is -2.71. The highest BCUT2D eigenvalue weighted by molar-refractivity contribution is 7.80. The minimum atomic E-state index is -0.520. The van der Waals surface area contributed by atoms with Gasteiger partial charge in [-0.05, 0) is 61.8 Å². The molecular formula is C19H19ClN4O3S. The summed E-state index contributed by atoms with van der Waals surface area (Å²) in [7, 11) is 0. The van der Waals surface area contributed by atoms with Gasteiger partial charge in [-0.1, -0.05) is 17.7 Å². The Bertz CT molecular complexity index is 945. The van der Waals surface area contributed by atoms with Gasteiger partial charge in [-0.2, -0.15) is 0 Å². The van der Waals surface area contributed by atoms with Gasteiger partial charge in [-0.15, -0.1) is 0 Å². The molecule has 146 valence electrons. The van der Waals surface area contributed by atoms with Crippen LogP contribution in [-0.2, 0) is 0 Å². The molecule has 0 unspecified atom stereocenters. The molecule has 2 N–H and O–H groups in total. The molecule has 0 saturated carbocycles. The fourth-order valence-electron chi connectivity index (χ4n) is 3.11. The van der Waals surface area contributed by atoms with Crippen molar-refractivity contribution in [3.8, 4) is 0 Å². The third kappa shape index (κ3) is 4.40. The minimum Gasteiger partial charge on any atom is -0.366 e. The SMILES string of the molecule is Cc1c(Cl)cccc1NC(=S)NC(=O)c1ccc(N2CCCC2)c([N+](=O)[O-])c1. The van der Waals surface area contributed by atoms with E-state index < -0.39 is 10.8 Å². The van der Waals surface area contributed by atoms with E-state index in [2.05, 4.69) is 10.6 Å². The lowest BCUT2D eigenvalue weighted by Gasteiger charge is -2.18. The Kier molecular flexibility index (Phi) is 6.11. The largest absolute Gasteiger partial charge is 0.366 e. The number of nitro benzene ring substituents is 1. The van der Waals surface area contributed by atoms with E-state index in [1.807, 2.05) is 11.8 Å². The summed E-state index contributed by atoms with van der Waals surface area (Å²) in [4.78, 5) is 25.5. The van der Waals surface area contributed by atoms with Gasteiger partial charge in [-0.25, -0.2) is 0 Å². The molecule has 0 aliphatic carbocycles. The Morgan fingerprint density at radius 1 is 1.25 bits per heavy atom. The molecule has 7 nitrogen and oxygen atoms in total. The van der Waals surface area contributed by atoms with Crippen molar-refractivity contribution in [2.45, 2.75) is 19.8 Å². The number of nitrogens with zero attached hydrogens (tertiary/aromatic N) is 2. The molecule has 0 atom stereocenters. The van der Waals surface area contributed by atoms with Crippen LogP contribution >= 0.6 is 23.8 Å². The summed E-state index contributed by atoms with van der Waals surface area (Å²) < 4.78 is 0. The maximum atomic E-state index is 12.5. The van der Waals surface area contributed by atoms with Crippen LogP contribution in [0.4, 0.5) is 17.1 Å². The molecule has 1 saturated heterocycles. The van der Waals surface area contributed by atoms with Crippen LogP contribution < -0.4 is 15.5 Å². The highest BCUT2D eigenvalue weighted by Crippen LogP contribution is 2.31. The number of benzene rings is 2. The number of anilines is 2. The van der Waals surface area contributed by atoms with E-state index in [0.717, 1.165) is 31.5 Å². The highest BCUT2D eigenvalue weighted by atomic mass is 35.5. The molecule has 1 heterocycles. The smallest absolute Gasteiger partial charge is 0.293 e. The first-order valence-corrected chi connectivity index (χ1v) is 9.56. The molecule has 1 amide bonds. The Balaban J connectivity index is 1.74. The number of carbonyl (C=O) groups is 1. The summed E-state index contributed by atoms with van der Waals surface area (Å²) in [5.41, 5.74) is 2.09. The fourth-order valence-corrected chi connectivity index (χ4v) is 3.49. The number of amides is 1. The Labute approximate surface area is 172 Å². The third-order valence-corrected chi connectivity index (χ3v) is 5.24. The van der Waals surface area contributed by atoms with Crippen LogP contribution in [0.2, 0.25) is 5.02 Å². The van der Waals surface area contributed by atoms with Crippen molar-refractivity contribution < 1.29 is 9.72 Å². The van der Waals surface area contributed by atoms with E-state index in [-0.39, 0.29) is 16.4 Å². The molecule has 1 aliphatic heterocycles. The van der Waals surface area contributed by atoms with Crippen LogP contribution in [0, 0.1) is 17.0 Å². The zero-order valence-electron chi connectivity index (χ0n) is 15.2. The van der Waals surface area contributed by atoms with Gasteiger partial charge in [0.25, 0.3) is 11.6 Å². The number of hydrogen-bond acceptors (Lipinski definition) is 5. The molecule has 2 aromatic rings. The van der Waals surface area contributed by atoms with Crippen LogP contribution in [0.25, 0.3) is 0 Å². The number of hydrogen-bond donors (Lipinski definition) is 2. The van der Waals surface area contributed by atoms with E-state index in [9.17, 15) is 14.9 Å². The van der Waals surface area contributed by atoms with Gasteiger partial charge in [0.1, 0.15) is 5.69 Å². The quantitative estimate of drug-likeness (QED) is 0.437. The van der Waals surface area contributed by atoms with Crippen molar-refractivity contribution >= 4 is 51.9 Å². The molecule has 1 aliphatic rings. The third-order valence-electron chi connectivity index (χ3n) is 4.62. The molecule has 2 aromatic carbocycles. The average molecular weight is 419 g/mol. The molecule has 3 rings (SSSR count). The molecule has 9 heteroatoms. The first-order chi connectivity index (χ1) is 13.4. The standard InChI is InChI=1S/C19H19ClN4O3S/c1-12-14(20)5-4-6-15(12)21-19(28)22-18(25)13-7-8-16(17(11-13)24(26)27)23-9-2-3-10-23/h4-8,11H,2-3,9-10H2,1H3,(H2,21,22,25,28). The molecule has 28 heavy (non-hydrogen) atoms. The number of rotatable bonds is 4. The number of carbonyl (C=O) groups excluding carboxylic acids is 1. The van der Waals surface area contributed by atoms with Crippen molar-refractivity contribution in [3.05, 3.63) is 62.7 Å². The van der Waals surface area contributed by atoms with Gasteiger partial charge in [0.2, 0.25) is 0 Å². The van der Waals surface area contributed by atoms with Crippen molar-refractivity contribution in [1.82, 2.24) is 5.32 Å². The number of halogens is 1. The van der Waals surface area contributed by atoms with Gasteiger partial charge in [0.05, 0.1) is 4.92 Å².